The van der Waals surface area contributed by atoms with E-state index in [0.29, 0.717) is 6.42 Å². The third-order valence-corrected chi connectivity index (χ3v) is 6.97. The van der Waals surface area contributed by atoms with E-state index in [1.54, 1.807) is 6.20 Å². The summed E-state index contributed by atoms with van der Waals surface area (Å²) in [4.78, 5) is 27.6. The van der Waals surface area contributed by atoms with E-state index in [1.165, 1.54) is 7.11 Å². The predicted octanol–water partition coefficient (Wildman–Crippen LogP) is 0.528. The Bertz CT molecular complexity index is 754. The minimum atomic E-state index is -1.50. The van der Waals surface area contributed by atoms with Gasteiger partial charge in [0.2, 0.25) is 5.91 Å². The summed E-state index contributed by atoms with van der Waals surface area (Å²) >= 11 is 0. The zero-order valence-corrected chi connectivity index (χ0v) is 17.8. The molecule has 4 aliphatic rings. The summed E-state index contributed by atoms with van der Waals surface area (Å²) in [5, 5.41) is 17.9. The Morgan fingerprint density at radius 3 is 2.97 bits per heavy atom. The van der Waals surface area contributed by atoms with Gasteiger partial charge in [0.25, 0.3) is 0 Å². The van der Waals surface area contributed by atoms with Crippen LogP contribution in [0.2, 0.25) is 0 Å². The first-order valence-electron chi connectivity index (χ1n) is 11.0. The molecule has 0 aromatic heterocycles. The Hall–Kier alpha value is -1.97. The summed E-state index contributed by atoms with van der Waals surface area (Å²) in [5.74, 6) is -1.68. The number of ether oxygens (including phenoxy) is 1. The molecule has 1 aliphatic carbocycles. The first kappa shape index (κ1) is 22.2. The van der Waals surface area contributed by atoms with Crippen molar-refractivity contribution in [2.24, 2.45) is 5.92 Å². The van der Waals surface area contributed by atoms with Gasteiger partial charge in [-0.25, -0.2) is 4.39 Å². The van der Waals surface area contributed by atoms with Crippen LogP contribution >= 0.6 is 0 Å². The molecule has 0 aromatic carbocycles. The largest absolute Gasteiger partial charge is 0.556 e. The number of alkyl halides is 1. The van der Waals surface area contributed by atoms with Gasteiger partial charge in [0.15, 0.2) is 0 Å². The Kier molecular flexibility index (Phi) is 6.64. The molecule has 1 saturated carbocycles. The van der Waals surface area contributed by atoms with Gasteiger partial charge in [-0.15, -0.1) is 5.73 Å². The average Bonchev–Trinajstić information content (AvgIpc) is 3.23. The summed E-state index contributed by atoms with van der Waals surface area (Å²) < 4.78 is 18.9. The number of rotatable bonds is 4. The van der Waals surface area contributed by atoms with Crippen molar-refractivity contribution in [1.82, 2.24) is 20.5 Å². The topological polar surface area (TPSA) is 108 Å². The minimum absolute atomic E-state index is 0.0781. The van der Waals surface area contributed by atoms with Gasteiger partial charge < -0.3 is 30.9 Å². The van der Waals surface area contributed by atoms with Crippen molar-refractivity contribution < 1.29 is 23.8 Å². The van der Waals surface area contributed by atoms with Crippen LogP contribution in [0, 0.1) is 5.92 Å². The molecule has 172 valence electrons. The van der Waals surface area contributed by atoms with Crippen molar-refractivity contribution in [2.45, 2.75) is 68.5 Å². The maximum absolute atomic E-state index is 14.1. The molecule has 0 radical (unpaired) electrons. The fourth-order valence-corrected chi connectivity index (χ4v) is 5.19. The molecular weight excluding hydrogens is 405 g/mol. The number of aliphatic hydroxyl groups is 1. The highest BCUT2D eigenvalue weighted by atomic mass is 19.1. The van der Waals surface area contributed by atoms with Crippen LogP contribution in [0.15, 0.2) is 18.0 Å². The zero-order valence-electron chi connectivity index (χ0n) is 17.8. The van der Waals surface area contributed by atoms with Crippen LogP contribution in [0.25, 0.3) is 5.43 Å². The van der Waals surface area contributed by atoms with Gasteiger partial charge in [-0.3, -0.25) is 14.5 Å². The second kappa shape index (κ2) is 9.26. The Labute approximate surface area is 181 Å². The molecule has 2 saturated heterocycles. The number of halogens is 1. The van der Waals surface area contributed by atoms with E-state index >= 15 is 0 Å². The SMILES string of the molecule is COC(=O)C1CC(O)C(F)CC1NC(=O)C1CCC2(N3CCNC3)CCC=C=CN2[N-]1. The molecule has 6 unspecified atom stereocenters. The lowest BCUT2D eigenvalue weighted by Crippen LogP contribution is -2.61. The number of carbonyl (C=O) groups is 2. The van der Waals surface area contributed by atoms with Crippen molar-refractivity contribution >= 4 is 11.9 Å². The molecule has 3 heterocycles. The van der Waals surface area contributed by atoms with Crippen molar-refractivity contribution in [1.29, 1.82) is 0 Å². The third-order valence-electron chi connectivity index (χ3n) is 6.97. The predicted molar refractivity (Wildman–Crippen MR) is 110 cm³/mol. The van der Waals surface area contributed by atoms with Gasteiger partial charge in [0, 0.05) is 31.8 Å². The number of esters is 1. The first-order valence-corrected chi connectivity index (χ1v) is 11.0. The second-order valence-corrected chi connectivity index (χ2v) is 8.76. The van der Waals surface area contributed by atoms with E-state index in [2.05, 4.69) is 21.3 Å². The molecule has 3 aliphatic heterocycles. The molecule has 4 rings (SSSR count). The molecule has 6 atom stereocenters. The summed E-state index contributed by atoms with van der Waals surface area (Å²) in [7, 11) is 1.25. The van der Waals surface area contributed by atoms with Gasteiger partial charge in [0.1, 0.15) is 6.17 Å². The number of fused-ring (bicyclic) bond motifs is 1. The van der Waals surface area contributed by atoms with E-state index in [9.17, 15) is 19.1 Å². The second-order valence-electron chi connectivity index (χ2n) is 8.76. The Balaban J connectivity index is 1.46. The molecule has 9 nitrogen and oxygen atoms in total. The minimum Gasteiger partial charge on any atom is -0.556 e. The number of amides is 1. The Morgan fingerprint density at radius 1 is 1.39 bits per heavy atom. The van der Waals surface area contributed by atoms with E-state index < -0.39 is 36.2 Å². The standard InChI is InChI=1S/C21H31FN5O4/c1-31-20(30)14-11-18(28)15(22)12-17(14)24-19(29)16-5-7-21(26-10-8-23-13-26)6-3-2-4-9-27(21)25-16/h2,9,14-18,23,28H,3,5-8,10-13H2,1H3,(H,24,29)/q-1. The van der Waals surface area contributed by atoms with E-state index in [0.717, 1.165) is 39.0 Å². The smallest absolute Gasteiger partial charge is 0.310 e. The number of hydrogen-bond donors (Lipinski definition) is 3. The maximum Gasteiger partial charge on any atom is 0.310 e. The number of nitrogens with one attached hydrogen (secondary N) is 2. The van der Waals surface area contributed by atoms with Gasteiger partial charge in [-0.1, -0.05) is 6.42 Å². The van der Waals surface area contributed by atoms with Crippen molar-refractivity contribution in [2.75, 3.05) is 26.9 Å². The summed E-state index contributed by atoms with van der Waals surface area (Å²) in [5.41, 5.74) is 7.58. The molecule has 31 heavy (non-hydrogen) atoms. The average molecular weight is 437 g/mol. The lowest BCUT2D eigenvalue weighted by molar-refractivity contribution is -0.151. The lowest BCUT2D eigenvalue weighted by atomic mass is 9.81. The normalized spacial score (nSPS) is 38.4. The number of aliphatic hydroxyl groups excluding tert-OH is 1. The molecule has 1 amide bonds. The summed E-state index contributed by atoms with van der Waals surface area (Å²) in [6.45, 7) is 2.61. The van der Waals surface area contributed by atoms with Crippen LogP contribution in [0.1, 0.15) is 38.5 Å². The Morgan fingerprint density at radius 2 is 2.23 bits per heavy atom. The monoisotopic (exact) mass is 436 g/mol. The van der Waals surface area contributed by atoms with Crippen molar-refractivity contribution in [3.8, 4) is 0 Å². The first-order chi connectivity index (χ1) is 14.9. The zero-order chi connectivity index (χ0) is 22.0. The van der Waals surface area contributed by atoms with Gasteiger partial charge in [0.05, 0.1) is 31.5 Å². The number of hydrogen-bond acceptors (Lipinski definition) is 7. The molecule has 0 bridgehead atoms. The molecular formula is C21H31FN5O4-. The molecule has 10 heteroatoms. The van der Waals surface area contributed by atoms with Crippen LogP contribution in [0.5, 0.6) is 0 Å². The molecule has 3 N–H and O–H groups in total. The fraction of sp³-hybridized carbons (Fsp3) is 0.762. The highest BCUT2D eigenvalue weighted by Gasteiger charge is 2.44. The highest BCUT2D eigenvalue weighted by molar-refractivity contribution is 5.85. The quantitative estimate of drug-likeness (QED) is 0.436. The number of carbonyl (C=O) groups excluding carboxylic acids is 2. The molecule has 0 aromatic rings. The molecule has 0 spiro atoms. The van der Waals surface area contributed by atoms with Crippen LogP contribution < -0.4 is 10.6 Å². The van der Waals surface area contributed by atoms with Crippen LogP contribution in [0.3, 0.4) is 0 Å². The van der Waals surface area contributed by atoms with E-state index in [-0.39, 0.29) is 24.4 Å². The van der Waals surface area contributed by atoms with Gasteiger partial charge in [-0.2, -0.15) is 0 Å². The number of allylic oxidation sites excluding steroid dienone is 1. The maximum atomic E-state index is 14.1. The highest BCUT2D eigenvalue weighted by Crippen LogP contribution is 2.41. The summed E-state index contributed by atoms with van der Waals surface area (Å²) in [6, 6.07) is -1.37. The fourth-order valence-electron chi connectivity index (χ4n) is 5.19. The van der Waals surface area contributed by atoms with Crippen molar-refractivity contribution in [3.05, 3.63) is 23.4 Å². The number of methoxy groups -OCH3 is 1. The van der Waals surface area contributed by atoms with Crippen LogP contribution in [-0.4, -0.2) is 83.8 Å². The third kappa shape index (κ3) is 4.36. The van der Waals surface area contributed by atoms with Gasteiger partial charge >= 0.3 is 5.97 Å². The van der Waals surface area contributed by atoms with Crippen LogP contribution in [0.4, 0.5) is 4.39 Å². The number of nitrogens with zero attached hydrogens (tertiary/aromatic N) is 3. The summed E-state index contributed by atoms with van der Waals surface area (Å²) in [6.07, 6.45) is 3.95. The van der Waals surface area contributed by atoms with Crippen LogP contribution in [-0.2, 0) is 14.3 Å². The van der Waals surface area contributed by atoms with E-state index in [4.69, 9.17) is 10.2 Å². The van der Waals surface area contributed by atoms with E-state index in [1.807, 2.05) is 11.1 Å². The lowest BCUT2D eigenvalue weighted by Gasteiger charge is -2.61. The van der Waals surface area contributed by atoms with Crippen molar-refractivity contribution in [3.63, 3.8) is 0 Å². The molecule has 3 fully saturated rings. The van der Waals surface area contributed by atoms with Gasteiger partial charge in [-0.05, 0) is 37.8 Å².